The zero-order valence-electron chi connectivity index (χ0n) is 14.7. The van der Waals surface area contributed by atoms with E-state index in [1.54, 1.807) is 0 Å². The van der Waals surface area contributed by atoms with Crippen LogP contribution in [0.1, 0.15) is 61.4 Å². The van der Waals surface area contributed by atoms with Gasteiger partial charge in [-0.3, -0.25) is 0 Å². The minimum Gasteiger partial charge on any atom is -0.462 e. The van der Waals surface area contributed by atoms with Crippen LogP contribution in [0, 0.1) is 0 Å². The zero-order chi connectivity index (χ0) is 16.4. The van der Waals surface area contributed by atoms with Crippen LogP contribution in [0.25, 0.3) is 0 Å². The number of quaternary nitrogens is 1. The van der Waals surface area contributed by atoms with E-state index in [0.29, 0.717) is 12.2 Å². The molecule has 0 spiro atoms. The summed E-state index contributed by atoms with van der Waals surface area (Å²) in [4.78, 5) is 12.0. The second-order valence-electron chi connectivity index (χ2n) is 7.05. The number of benzene rings is 1. The van der Waals surface area contributed by atoms with Crippen molar-refractivity contribution in [2.45, 2.75) is 52.0 Å². The Kier molecular flexibility index (Phi) is 8.18. The standard InChI is InChI=1S/C19H32NO2/c1-5-6-7-8-9-10-15-22-19(21)18-13-11-17(12-14-18)16-20(2,3)4/h11-14H,5-10,15-16H2,1-4H3/q+1. The summed E-state index contributed by atoms with van der Waals surface area (Å²) in [7, 11) is 6.47. The molecule has 124 valence electrons. The number of hydrogen-bond donors (Lipinski definition) is 0. The van der Waals surface area contributed by atoms with Gasteiger partial charge in [0.2, 0.25) is 0 Å². The number of carbonyl (C=O) groups is 1. The highest BCUT2D eigenvalue weighted by Gasteiger charge is 2.10. The van der Waals surface area contributed by atoms with E-state index in [9.17, 15) is 4.79 Å². The molecule has 0 aliphatic rings. The lowest BCUT2D eigenvalue weighted by molar-refractivity contribution is -0.884. The highest BCUT2D eigenvalue weighted by Crippen LogP contribution is 2.11. The fourth-order valence-corrected chi connectivity index (χ4v) is 2.42. The van der Waals surface area contributed by atoms with Crippen LogP contribution in [0.4, 0.5) is 0 Å². The normalized spacial score (nSPS) is 11.5. The van der Waals surface area contributed by atoms with E-state index in [1.165, 1.54) is 31.2 Å². The summed E-state index contributed by atoms with van der Waals surface area (Å²) < 4.78 is 6.21. The molecule has 0 unspecified atom stereocenters. The first-order valence-corrected chi connectivity index (χ1v) is 8.49. The summed E-state index contributed by atoms with van der Waals surface area (Å²) in [6, 6.07) is 7.78. The fourth-order valence-electron chi connectivity index (χ4n) is 2.42. The van der Waals surface area contributed by atoms with Crippen LogP contribution in [-0.2, 0) is 11.3 Å². The quantitative estimate of drug-likeness (QED) is 0.363. The Balaban J connectivity index is 2.28. The average Bonchev–Trinajstić information content (AvgIpc) is 2.45. The largest absolute Gasteiger partial charge is 0.462 e. The first-order valence-electron chi connectivity index (χ1n) is 8.49. The monoisotopic (exact) mass is 306 g/mol. The highest BCUT2D eigenvalue weighted by atomic mass is 16.5. The van der Waals surface area contributed by atoms with E-state index >= 15 is 0 Å². The topological polar surface area (TPSA) is 26.3 Å². The Morgan fingerprint density at radius 1 is 0.955 bits per heavy atom. The fraction of sp³-hybridized carbons (Fsp3) is 0.632. The number of carbonyl (C=O) groups excluding carboxylic acids is 1. The number of hydrogen-bond acceptors (Lipinski definition) is 2. The highest BCUT2D eigenvalue weighted by molar-refractivity contribution is 5.89. The maximum absolute atomic E-state index is 12.0. The summed E-state index contributed by atoms with van der Waals surface area (Å²) in [6.45, 7) is 3.70. The molecule has 0 aromatic heterocycles. The van der Waals surface area contributed by atoms with E-state index in [4.69, 9.17) is 4.74 Å². The van der Waals surface area contributed by atoms with E-state index in [2.05, 4.69) is 28.1 Å². The van der Waals surface area contributed by atoms with Gasteiger partial charge in [-0.1, -0.05) is 51.2 Å². The van der Waals surface area contributed by atoms with Crippen LogP contribution in [0.3, 0.4) is 0 Å². The third-order valence-electron chi connectivity index (χ3n) is 3.58. The maximum atomic E-state index is 12.0. The van der Waals surface area contributed by atoms with Crippen molar-refractivity contribution in [3.63, 3.8) is 0 Å². The van der Waals surface area contributed by atoms with Crippen LogP contribution in [0.15, 0.2) is 24.3 Å². The number of nitrogens with zero attached hydrogens (tertiary/aromatic N) is 1. The van der Waals surface area contributed by atoms with Gasteiger partial charge in [-0.2, -0.15) is 0 Å². The Hall–Kier alpha value is -1.35. The summed E-state index contributed by atoms with van der Waals surface area (Å²) in [5, 5.41) is 0. The van der Waals surface area contributed by atoms with Gasteiger partial charge in [-0.15, -0.1) is 0 Å². The van der Waals surface area contributed by atoms with Gasteiger partial charge in [0.05, 0.1) is 33.3 Å². The molecule has 1 aromatic rings. The number of unbranched alkanes of at least 4 members (excludes halogenated alkanes) is 5. The second kappa shape index (κ2) is 9.62. The molecule has 0 aliphatic carbocycles. The Morgan fingerprint density at radius 3 is 2.14 bits per heavy atom. The Morgan fingerprint density at radius 2 is 1.55 bits per heavy atom. The van der Waals surface area contributed by atoms with Crippen molar-refractivity contribution in [1.29, 1.82) is 0 Å². The van der Waals surface area contributed by atoms with Crippen molar-refractivity contribution >= 4 is 5.97 Å². The molecular weight excluding hydrogens is 274 g/mol. The first kappa shape index (κ1) is 18.7. The van der Waals surface area contributed by atoms with Crippen molar-refractivity contribution in [2.24, 2.45) is 0 Å². The minimum atomic E-state index is -0.203. The van der Waals surface area contributed by atoms with Gasteiger partial charge < -0.3 is 9.22 Å². The molecule has 0 fully saturated rings. The predicted octanol–water partition coefficient (Wildman–Crippen LogP) is 4.41. The van der Waals surface area contributed by atoms with Crippen molar-refractivity contribution < 1.29 is 14.0 Å². The molecule has 0 saturated carbocycles. The van der Waals surface area contributed by atoms with Gasteiger partial charge >= 0.3 is 5.97 Å². The molecule has 0 radical (unpaired) electrons. The Bertz CT molecular complexity index is 432. The predicted molar refractivity (Wildman–Crippen MR) is 91.8 cm³/mol. The zero-order valence-corrected chi connectivity index (χ0v) is 14.7. The molecular formula is C19H32NO2+. The minimum absolute atomic E-state index is 0.203. The van der Waals surface area contributed by atoms with Crippen LogP contribution in [0.2, 0.25) is 0 Å². The van der Waals surface area contributed by atoms with E-state index < -0.39 is 0 Å². The smallest absolute Gasteiger partial charge is 0.338 e. The van der Waals surface area contributed by atoms with Gasteiger partial charge in [0.25, 0.3) is 0 Å². The lowest BCUT2D eigenvalue weighted by atomic mass is 10.1. The van der Waals surface area contributed by atoms with Gasteiger partial charge in [0.1, 0.15) is 6.54 Å². The van der Waals surface area contributed by atoms with E-state index in [-0.39, 0.29) is 5.97 Å². The van der Waals surface area contributed by atoms with Crippen LogP contribution in [0.5, 0.6) is 0 Å². The summed E-state index contributed by atoms with van der Waals surface area (Å²) >= 11 is 0. The second-order valence-corrected chi connectivity index (χ2v) is 7.05. The van der Waals surface area contributed by atoms with Gasteiger partial charge in [-0.25, -0.2) is 4.79 Å². The third-order valence-corrected chi connectivity index (χ3v) is 3.58. The third kappa shape index (κ3) is 8.18. The van der Waals surface area contributed by atoms with Crippen molar-refractivity contribution in [2.75, 3.05) is 27.7 Å². The molecule has 0 bridgehead atoms. The number of ether oxygens (including phenoxy) is 1. The molecule has 3 heteroatoms. The van der Waals surface area contributed by atoms with Crippen molar-refractivity contribution in [1.82, 2.24) is 0 Å². The Labute approximate surface area is 135 Å². The maximum Gasteiger partial charge on any atom is 0.338 e. The van der Waals surface area contributed by atoms with Crippen LogP contribution in [-0.4, -0.2) is 38.2 Å². The van der Waals surface area contributed by atoms with Gasteiger partial charge in [-0.05, 0) is 18.6 Å². The molecule has 0 N–H and O–H groups in total. The summed E-state index contributed by atoms with van der Waals surface area (Å²) in [5.41, 5.74) is 1.89. The molecule has 3 nitrogen and oxygen atoms in total. The SMILES string of the molecule is CCCCCCCCOC(=O)c1ccc(C[N+](C)(C)C)cc1. The summed E-state index contributed by atoms with van der Waals surface area (Å²) in [5.74, 6) is -0.203. The number of rotatable bonds is 10. The molecule has 22 heavy (non-hydrogen) atoms. The van der Waals surface area contributed by atoms with Crippen molar-refractivity contribution in [3.05, 3.63) is 35.4 Å². The summed E-state index contributed by atoms with van der Waals surface area (Å²) in [6.07, 6.45) is 7.21. The molecule has 1 aromatic carbocycles. The van der Waals surface area contributed by atoms with Crippen LogP contribution >= 0.6 is 0 Å². The van der Waals surface area contributed by atoms with E-state index in [1.807, 2.05) is 24.3 Å². The average molecular weight is 306 g/mol. The van der Waals surface area contributed by atoms with Gasteiger partial charge in [0.15, 0.2) is 0 Å². The molecule has 0 heterocycles. The first-order chi connectivity index (χ1) is 10.4. The van der Waals surface area contributed by atoms with Gasteiger partial charge in [0, 0.05) is 5.56 Å². The van der Waals surface area contributed by atoms with E-state index in [0.717, 1.165) is 23.9 Å². The molecule has 0 saturated heterocycles. The lowest BCUT2D eigenvalue weighted by Crippen LogP contribution is -2.33. The lowest BCUT2D eigenvalue weighted by Gasteiger charge is -2.23. The number of esters is 1. The van der Waals surface area contributed by atoms with Crippen LogP contribution < -0.4 is 0 Å². The molecule has 0 atom stereocenters. The molecule has 0 amide bonds. The molecule has 0 aliphatic heterocycles. The molecule has 1 rings (SSSR count). The van der Waals surface area contributed by atoms with Crippen molar-refractivity contribution in [3.8, 4) is 0 Å².